The van der Waals surface area contributed by atoms with Crippen LogP contribution in [0.5, 0.6) is 0 Å². The molecule has 15 heavy (non-hydrogen) atoms. The number of aliphatic hydroxyl groups is 1. The van der Waals surface area contributed by atoms with E-state index in [1.165, 1.54) is 0 Å². The molecule has 1 saturated heterocycles. The van der Waals surface area contributed by atoms with Gasteiger partial charge in [0, 0.05) is 30.7 Å². The Hall–Kier alpha value is -0.650. The summed E-state index contributed by atoms with van der Waals surface area (Å²) in [7, 11) is 4.12. The molecule has 0 amide bonds. The van der Waals surface area contributed by atoms with Crippen LogP contribution in [0, 0.1) is 0 Å². The second-order valence-corrected chi connectivity index (χ2v) is 5.15. The van der Waals surface area contributed by atoms with Crippen LogP contribution in [0.1, 0.15) is 6.42 Å². The van der Waals surface area contributed by atoms with Gasteiger partial charge in [0.2, 0.25) is 0 Å². The van der Waals surface area contributed by atoms with Crippen LogP contribution in [0.2, 0.25) is 0 Å². The lowest BCUT2D eigenvalue weighted by molar-refractivity contribution is 0.191. The second kappa shape index (κ2) is 4.47. The van der Waals surface area contributed by atoms with Crippen LogP contribution in [0.15, 0.2) is 11.6 Å². The molecule has 0 spiro atoms. The molecular formula is C10H17N3OS. The molecule has 1 aromatic rings. The lowest BCUT2D eigenvalue weighted by atomic mass is 10.2. The molecule has 0 radical (unpaired) electrons. The van der Waals surface area contributed by atoms with Gasteiger partial charge in [-0.25, -0.2) is 4.98 Å². The molecule has 1 fully saturated rings. The summed E-state index contributed by atoms with van der Waals surface area (Å²) in [5.74, 6) is 0. The molecule has 2 heterocycles. The minimum absolute atomic E-state index is 0.209. The first kappa shape index (κ1) is 10.9. The molecule has 0 saturated carbocycles. The zero-order valence-corrected chi connectivity index (χ0v) is 9.94. The van der Waals surface area contributed by atoms with Crippen molar-refractivity contribution in [3.05, 3.63) is 11.6 Å². The average molecular weight is 227 g/mol. The predicted octanol–water partition coefficient (Wildman–Crippen LogP) is 0.644. The molecule has 84 valence electrons. The summed E-state index contributed by atoms with van der Waals surface area (Å²) in [6.45, 7) is 1.68. The fourth-order valence-corrected chi connectivity index (χ4v) is 2.80. The Morgan fingerprint density at radius 3 is 3.07 bits per heavy atom. The maximum absolute atomic E-state index is 9.70. The van der Waals surface area contributed by atoms with Crippen molar-refractivity contribution in [2.75, 3.05) is 32.1 Å². The van der Waals surface area contributed by atoms with Gasteiger partial charge in [-0.05, 0) is 20.5 Å². The Bertz CT molecular complexity index is 302. The molecule has 2 atom stereocenters. The number of hydrogen-bond donors (Lipinski definition) is 1. The van der Waals surface area contributed by atoms with E-state index in [1.807, 2.05) is 11.6 Å². The van der Waals surface area contributed by atoms with Gasteiger partial charge in [-0.1, -0.05) is 0 Å². The Kier molecular flexibility index (Phi) is 3.23. The highest BCUT2D eigenvalue weighted by atomic mass is 32.1. The van der Waals surface area contributed by atoms with E-state index >= 15 is 0 Å². The van der Waals surface area contributed by atoms with Crippen molar-refractivity contribution in [3.8, 4) is 0 Å². The highest BCUT2D eigenvalue weighted by Gasteiger charge is 2.32. The molecule has 1 aliphatic heterocycles. The number of likely N-dealkylation sites (N-methyl/N-ethyl adjacent to an activating group) is 1. The summed E-state index contributed by atoms with van der Waals surface area (Å²) < 4.78 is 0. The maximum atomic E-state index is 9.70. The molecule has 2 rings (SSSR count). The normalized spacial score (nSPS) is 26.5. The van der Waals surface area contributed by atoms with Gasteiger partial charge in [-0.3, -0.25) is 0 Å². The van der Waals surface area contributed by atoms with E-state index in [2.05, 4.69) is 28.9 Å². The van der Waals surface area contributed by atoms with Crippen LogP contribution in [-0.4, -0.2) is 54.3 Å². The summed E-state index contributed by atoms with van der Waals surface area (Å²) in [4.78, 5) is 8.68. The Labute approximate surface area is 94.2 Å². The third-order valence-electron chi connectivity index (χ3n) is 2.63. The number of β-amino-alcohol motifs (C(OH)–C–C–N with tert-alkyl or cyclic N) is 1. The summed E-state index contributed by atoms with van der Waals surface area (Å²) in [6, 6.07) is 0.390. The van der Waals surface area contributed by atoms with Crippen LogP contribution in [0.25, 0.3) is 0 Å². The SMILES string of the molecule is CN(C)CC1CC(O)CN1c1nccs1. The maximum Gasteiger partial charge on any atom is 0.185 e. The second-order valence-electron chi connectivity index (χ2n) is 4.27. The van der Waals surface area contributed by atoms with Crippen molar-refractivity contribution in [1.29, 1.82) is 0 Å². The van der Waals surface area contributed by atoms with Crippen molar-refractivity contribution in [2.45, 2.75) is 18.6 Å². The highest BCUT2D eigenvalue weighted by molar-refractivity contribution is 7.13. The van der Waals surface area contributed by atoms with Gasteiger partial charge in [-0.2, -0.15) is 0 Å². The molecule has 0 bridgehead atoms. The number of aromatic nitrogens is 1. The number of nitrogens with zero attached hydrogens (tertiary/aromatic N) is 3. The minimum Gasteiger partial charge on any atom is -0.391 e. The first-order valence-electron chi connectivity index (χ1n) is 5.15. The van der Waals surface area contributed by atoms with E-state index in [0.29, 0.717) is 12.6 Å². The molecule has 0 aromatic carbocycles. The minimum atomic E-state index is -0.209. The van der Waals surface area contributed by atoms with E-state index in [1.54, 1.807) is 11.3 Å². The van der Waals surface area contributed by atoms with Crippen molar-refractivity contribution < 1.29 is 5.11 Å². The lowest BCUT2D eigenvalue weighted by Crippen LogP contribution is -2.37. The number of anilines is 1. The topological polar surface area (TPSA) is 39.6 Å². The van der Waals surface area contributed by atoms with Gasteiger partial charge < -0.3 is 14.9 Å². The third-order valence-corrected chi connectivity index (χ3v) is 3.44. The Morgan fingerprint density at radius 2 is 2.47 bits per heavy atom. The van der Waals surface area contributed by atoms with Gasteiger partial charge in [0.25, 0.3) is 0 Å². The van der Waals surface area contributed by atoms with Gasteiger partial charge in [0.1, 0.15) is 0 Å². The van der Waals surface area contributed by atoms with Gasteiger partial charge in [0.05, 0.1) is 6.10 Å². The van der Waals surface area contributed by atoms with E-state index in [9.17, 15) is 5.11 Å². The smallest absolute Gasteiger partial charge is 0.185 e. The van der Waals surface area contributed by atoms with Crippen LogP contribution >= 0.6 is 11.3 Å². The zero-order chi connectivity index (χ0) is 10.8. The Balaban J connectivity index is 2.08. The number of thiazole rings is 1. The molecule has 1 aromatic heterocycles. The van der Waals surface area contributed by atoms with E-state index in [4.69, 9.17) is 0 Å². The van der Waals surface area contributed by atoms with Crippen molar-refractivity contribution in [2.24, 2.45) is 0 Å². The standard InChI is InChI=1S/C10H17N3OS/c1-12(2)6-8-5-9(14)7-13(8)10-11-3-4-15-10/h3-4,8-9,14H,5-7H2,1-2H3. The summed E-state index contributed by atoms with van der Waals surface area (Å²) in [5.41, 5.74) is 0. The van der Waals surface area contributed by atoms with Crippen molar-refractivity contribution >= 4 is 16.5 Å². The van der Waals surface area contributed by atoms with Crippen LogP contribution < -0.4 is 4.90 Å². The summed E-state index contributed by atoms with van der Waals surface area (Å²) in [5, 5.41) is 12.7. The highest BCUT2D eigenvalue weighted by Crippen LogP contribution is 2.27. The summed E-state index contributed by atoms with van der Waals surface area (Å²) >= 11 is 1.64. The molecule has 0 aliphatic carbocycles. The first-order valence-corrected chi connectivity index (χ1v) is 6.03. The molecule has 5 heteroatoms. The van der Waals surface area contributed by atoms with E-state index in [0.717, 1.165) is 18.1 Å². The predicted molar refractivity (Wildman–Crippen MR) is 62.4 cm³/mol. The van der Waals surface area contributed by atoms with Crippen molar-refractivity contribution in [1.82, 2.24) is 9.88 Å². The number of rotatable bonds is 3. The largest absolute Gasteiger partial charge is 0.391 e. The zero-order valence-electron chi connectivity index (χ0n) is 9.13. The van der Waals surface area contributed by atoms with Gasteiger partial charge in [-0.15, -0.1) is 11.3 Å². The van der Waals surface area contributed by atoms with Crippen LogP contribution in [0.3, 0.4) is 0 Å². The first-order chi connectivity index (χ1) is 7.16. The molecule has 1 aliphatic rings. The van der Waals surface area contributed by atoms with E-state index in [-0.39, 0.29) is 6.10 Å². The number of aliphatic hydroxyl groups excluding tert-OH is 1. The fourth-order valence-electron chi connectivity index (χ4n) is 2.08. The van der Waals surface area contributed by atoms with Gasteiger partial charge in [0.15, 0.2) is 5.13 Å². The molecular weight excluding hydrogens is 210 g/mol. The molecule has 4 nitrogen and oxygen atoms in total. The average Bonchev–Trinajstić information content (AvgIpc) is 2.72. The monoisotopic (exact) mass is 227 g/mol. The molecule has 1 N–H and O–H groups in total. The quantitative estimate of drug-likeness (QED) is 0.823. The summed E-state index contributed by atoms with van der Waals surface area (Å²) in [6.07, 6.45) is 2.45. The van der Waals surface area contributed by atoms with Crippen molar-refractivity contribution in [3.63, 3.8) is 0 Å². The van der Waals surface area contributed by atoms with E-state index < -0.39 is 0 Å². The Morgan fingerprint density at radius 1 is 1.67 bits per heavy atom. The molecule has 2 unspecified atom stereocenters. The van der Waals surface area contributed by atoms with Crippen LogP contribution in [-0.2, 0) is 0 Å². The fraction of sp³-hybridized carbons (Fsp3) is 0.700. The van der Waals surface area contributed by atoms with Gasteiger partial charge >= 0.3 is 0 Å². The third kappa shape index (κ3) is 2.48. The van der Waals surface area contributed by atoms with Crippen LogP contribution in [0.4, 0.5) is 5.13 Å². The number of hydrogen-bond acceptors (Lipinski definition) is 5. The lowest BCUT2D eigenvalue weighted by Gasteiger charge is -2.26.